The molecule has 70 heavy (non-hydrogen) atoms. The van der Waals surface area contributed by atoms with Gasteiger partial charge in [0.1, 0.15) is 13.2 Å². The highest BCUT2D eigenvalue weighted by Crippen LogP contribution is 2.16. The van der Waals surface area contributed by atoms with Gasteiger partial charge in [0, 0.05) is 19.3 Å². The molecule has 0 heterocycles. The van der Waals surface area contributed by atoms with E-state index in [1.165, 1.54) is 122 Å². The molecule has 0 amide bonds. The molecule has 0 aromatic carbocycles. The van der Waals surface area contributed by atoms with E-state index in [-0.39, 0.29) is 37.5 Å². The summed E-state index contributed by atoms with van der Waals surface area (Å²) in [5.41, 5.74) is 0. The Balaban J connectivity index is 4.37. The Bertz CT molecular complexity index is 1350. The summed E-state index contributed by atoms with van der Waals surface area (Å²) in [4.78, 5) is 38.2. The Morgan fingerprint density at radius 1 is 0.300 bits per heavy atom. The van der Waals surface area contributed by atoms with Crippen molar-refractivity contribution >= 4 is 17.9 Å². The van der Waals surface area contributed by atoms with E-state index in [0.717, 1.165) is 116 Å². The van der Waals surface area contributed by atoms with Crippen LogP contribution in [0.2, 0.25) is 0 Å². The minimum absolute atomic E-state index is 0.0971. The summed E-state index contributed by atoms with van der Waals surface area (Å²) in [6.45, 7) is 6.39. The van der Waals surface area contributed by atoms with Crippen LogP contribution in [0.25, 0.3) is 0 Å². The van der Waals surface area contributed by atoms with Gasteiger partial charge in [-0.25, -0.2) is 0 Å². The summed E-state index contributed by atoms with van der Waals surface area (Å²) in [6, 6.07) is 0. The van der Waals surface area contributed by atoms with Gasteiger partial charge in [-0.05, 0) is 89.9 Å². The van der Waals surface area contributed by atoms with Crippen LogP contribution < -0.4 is 0 Å². The lowest BCUT2D eigenvalue weighted by atomic mass is 10.0. The first-order valence-electron chi connectivity index (χ1n) is 29.6. The van der Waals surface area contributed by atoms with Crippen molar-refractivity contribution in [2.75, 3.05) is 13.2 Å². The first-order chi connectivity index (χ1) is 34.5. The second-order valence-electron chi connectivity index (χ2n) is 19.5. The SMILES string of the molecule is CC/C=C\C/C=C\C/C=C\C/C=C\CCCCC(=O)OC(COC(=O)CCCCCCC/C=C\C/C=C\C/C=C\CC)COC(=O)CCCCCCCCCCCCCCCCCCCCCCCC. The van der Waals surface area contributed by atoms with Gasteiger partial charge in [0.05, 0.1) is 0 Å². The van der Waals surface area contributed by atoms with Crippen molar-refractivity contribution < 1.29 is 28.6 Å². The van der Waals surface area contributed by atoms with Gasteiger partial charge in [-0.15, -0.1) is 0 Å². The van der Waals surface area contributed by atoms with E-state index in [2.05, 4.69) is 106 Å². The lowest BCUT2D eigenvalue weighted by molar-refractivity contribution is -0.167. The molecule has 0 aliphatic carbocycles. The Morgan fingerprint density at radius 3 is 0.900 bits per heavy atom. The third kappa shape index (κ3) is 55.5. The van der Waals surface area contributed by atoms with E-state index in [9.17, 15) is 14.4 Å². The molecule has 1 atom stereocenters. The van der Waals surface area contributed by atoms with Crippen LogP contribution in [0.1, 0.15) is 284 Å². The smallest absolute Gasteiger partial charge is 0.306 e. The molecule has 0 saturated heterocycles. The van der Waals surface area contributed by atoms with Crippen LogP contribution in [-0.2, 0) is 28.6 Å². The number of carbonyl (C=O) groups excluding carboxylic acids is 3. The molecule has 0 aromatic rings. The van der Waals surface area contributed by atoms with Gasteiger partial charge in [0.2, 0.25) is 0 Å². The number of hydrogen-bond donors (Lipinski definition) is 0. The Kier molecular flexibility index (Phi) is 55.3. The Labute approximate surface area is 433 Å². The lowest BCUT2D eigenvalue weighted by Gasteiger charge is -2.18. The van der Waals surface area contributed by atoms with Gasteiger partial charge in [-0.3, -0.25) is 14.4 Å². The molecule has 0 aliphatic rings. The average molecular weight is 976 g/mol. The molecule has 0 spiro atoms. The quantitative estimate of drug-likeness (QED) is 0.0261. The summed E-state index contributed by atoms with van der Waals surface area (Å²) < 4.78 is 16.8. The summed E-state index contributed by atoms with van der Waals surface area (Å²) in [5.74, 6) is -0.949. The normalized spacial score (nSPS) is 12.7. The molecule has 0 bridgehead atoms. The Hall–Kier alpha value is -3.41. The molecule has 402 valence electrons. The van der Waals surface area contributed by atoms with Crippen molar-refractivity contribution in [1.82, 2.24) is 0 Å². The maximum atomic E-state index is 12.8. The largest absolute Gasteiger partial charge is 0.462 e. The second-order valence-corrected chi connectivity index (χ2v) is 19.5. The van der Waals surface area contributed by atoms with E-state index in [1.54, 1.807) is 0 Å². The molecule has 6 nitrogen and oxygen atoms in total. The topological polar surface area (TPSA) is 78.9 Å². The van der Waals surface area contributed by atoms with Crippen LogP contribution in [-0.4, -0.2) is 37.2 Å². The van der Waals surface area contributed by atoms with Crippen LogP contribution in [0.5, 0.6) is 0 Å². The Morgan fingerprint density at radius 2 is 0.557 bits per heavy atom. The zero-order chi connectivity index (χ0) is 50.7. The van der Waals surface area contributed by atoms with E-state index in [4.69, 9.17) is 14.2 Å². The van der Waals surface area contributed by atoms with Gasteiger partial charge >= 0.3 is 17.9 Å². The molecule has 0 rings (SSSR count). The van der Waals surface area contributed by atoms with Gasteiger partial charge < -0.3 is 14.2 Å². The predicted octanol–water partition coefficient (Wildman–Crippen LogP) is 19.9. The fourth-order valence-electron chi connectivity index (χ4n) is 8.27. The van der Waals surface area contributed by atoms with Crippen LogP contribution in [0.3, 0.4) is 0 Å². The highest BCUT2D eigenvalue weighted by Gasteiger charge is 2.19. The number of carbonyl (C=O) groups is 3. The van der Waals surface area contributed by atoms with Crippen LogP contribution in [0.4, 0.5) is 0 Å². The first kappa shape index (κ1) is 66.6. The molecular formula is C64H110O6. The van der Waals surface area contributed by atoms with E-state index >= 15 is 0 Å². The second kappa shape index (κ2) is 58.2. The summed E-state index contributed by atoms with van der Waals surface area (Å²) in [7, 11) is 0. The zero-order valence-corrected chi connectivity index (χ0v) is 46.0. The predicted molar refractivity (Wildman–Crippen MR) is 302 cm³/mol. The molecule has 0 aromatic heterocycles. The molecule has 6 heteroatoms. The molecule has 0 fully saturated rings. The van der Waals surface area contributed by atoms with Crippen molar-refractivity contribution in [3.63, 3.8) is 0 Å². The molecule has 0 N–H and O–H groups in total. The number of unbranched alkanes of at least 4 members (excludes halogenated alkanes) is 28. The van der Waals surface area contributed by atoms with E-state index in [1.807, 2.05) is 0 Å². The highest BCUT2D eigenvalue weighted by molar-refractivity contribution is 5.71. The fourth-order valence-corrected chi connectivity index (χ4v) is 8.27. The third-order valence-electron chi connectivity index (χ3n) is 12.6. The van der Waals surface area contributed by atoms with Crippen LogP contribution in [0.15, 0.2) is 85.1 Å². The summed E-state index contributed by atoms with van der Waals surface area (Å²) >= 11 is 0. The first-order valence-corrected chi connectivity index (χ1v) is 29.6. The molecule has 1 unspecified atom stereocenters. The molecule has 0 aliphatic heterocycles. The monoisotopic (exact) mass is 975 g/mol. The fraction of sp³-hybridized carbons (Fsp3) is 0.734. The van der Waals surface area contributed by atoms with Crippen LogP contribution >= 0.6 is 0 Å². The summed E-state index contributed by atoms with van der Waals surface area (Å²) in [6.07, 6.45) is 75.9. The number of hydrogen-bond acceptors (Lipinski definition) is 6. The number of ether oxygens (including phenoxy) is 3. The summed E-state index contributed by atoms with van der Waals surface area (Å²) in [5, 5.41) is 0. The van der Waals surface area contributed by atoms with Gasteiger partial charge in [0.15, 0.2) is 6.10 Å². The number of allylic oxidation sites excluding steroid dienone is 14. The van der Waals surface area contributed by atoms with Crippen molar-refractivity contribution in [2.45, 2.75) is 290 Å². The average Bonchev–Trinajstić information content (AvgIpc) is 3.36. The number of rotatable bonds is 53. The molecule has 0 radical (unpaired) electrons. The maximum absolute atomic E-state index is 12.8. The van der Waals surface area contributed by atoms with Gasteiger partial charge in [-0.2, -0.15) is 0 Å². The van der Waals surface area contributed by atoms with Crippen molar-refractivity contribution in [1.29, 1.82) is 0 Å². The zero-order valence-electron chi connectivity index (χ0n) is 46.0. The van der Waals surface area contributed by atoms with E-state index < -0.39 is 6.10 Å². The minimum Gasteiger partial charge on any atom is -0.462 e. The maximum Gasteiger partial charge on any atom is 0.306 e. The van der Waals surface area contributed by atoms with Crippen LogP contribution in [0, 0.1) is 0 Å². The molecule has 0 saturated carbocycles. The third-order valence-corrected chi connectivity index (χ3v) is 12.6. The lowest BCUT2D eigenvalue weighted by Crippen LogP contribution is -2.30. The van der Waals surface area contributed by atoms with Gasteiger partial charge in [0.25, 0.3) is 0 Å². The standard InChI is InChI=1S/C64H110O6/c1-4-7-10-13-16-19-22-25-28-29-30-31-32-33-34-37-39-42-45-48-51-54-57-63(66)69-60-61(70-64(67)58-55-52-49-46-43-40-36-27-24-21-18-15-12-9-6-3)59-68-62(65)56-53-50-47-44-41-38-35-26-23-20-17-14-11-8-5-2/h8-9,11-12,17-18,20-21,26-27,35-36,43,46,61H,4-7,10,13-16,19,22-25,28-34,37-42,44-45,47-60H2,1-3H3/b11-8-,12-9-,20-17-,21-18-,35-26-,36-27-,46-43-. The van der Waals surface area contributed by atoms with Gasteiger partial charge in [-0.1, -0.05) is 260 Å². The number of esters is 3. The highest BCUT2D eigenvalue weighted by atomic mass is 16.6. The minimum atomic E-state index is -0.805. The van der Waals surface area contributed by atoms with E-state index in [0.29, 0.717) is 19.3 Å². The van der Waals surface area contributed by atoms with Crippen molar-refractivity contribution in [3.8, 4) is 0 Å². The van der Waals surface area contributed by atoms with Crippen molar-refractivity contribution in [3.05, 3.63) is 85.1 Å². The molecular weight excluding hydrogens is 865 g/mol. The van der Waals surface area contributed by atoms with Crippen molar-refractivity contribution in [2.24, 2.45) is 0 Å².